The number of ether oxygens (including phenoxy) is 1. The van der Waals surface area contributed by atoms with E-state index in [9.17, 15) is 14.2 Å². The maximum Gasteiger partial charge on any atom is 0.234 e. The molecule has 0 spiro atoms. The number of nitrogens with one attached hydrogen (secondary N) is 3. The van der Waals surface area contributed by atoms with Gasteiger partial charge in [0.1, 0.15) is 24.2 Å². The van der Waals surface area contributed by atoms with Crippen LogP contribution in [0.2, 0.25) is 0 Å². The average molecular weight is 814 g/mol. The fourth-order valence-electron chi connectivity index (χ4n) is 7.00. The number of pyridine rings is 1. The standard InChI is InChI=1S/C38H42BrN10O4P/c1-23-19-30(45-38-43-22-27(39)36(47-38)44-29-9-8-28-34(41-13-12-40-28)35(29)54(3,4)52)32(53-2)20-31(23)49-17-15-48(16-18-49)14-11-25-6-5-24(21-42-25)26-7-10-33(50)46-37(26)51/h5-6,8-9,12-13,19-22,26H,7,10-11,14-18H2,1-4H3,(H,46,50,51)(H2,43,44,45,47). The largest absolute Gasteiger partial charge is 0.494 e. The minimum atomic E-state index is -2.76. The summed E-state index contributed by atoms with van der Waals surface area (Å²) in [6.45, 7) is 9.97. The number of halogens is 1. The van der Waals surface area contributed by atoms with Crippen molar-refractivity contribution in [1.82, 2.24) is 35.1 Å². The highest BCUT2D eigenvalue weighted by molar-refractivity contribution is 9.10. The van der Waals surface area contributed by atoms with E-state index >= 15 is 0 Å². The minimum Gasteiger partial charge on any atom is -0.494 e. The average Bonchev–Trinajstić information content (AvgIpc) is 3.15. The summed E-state index contributed by atoms with van der Waals surface area (Å²) in [6, 6.07) is 11.8. The molecule has 1 atom stereocenters. The van der Waals surface area contributed by atoms with Gasteiger partial charge in [-0.15, -0.1) is 0 Å². The molecule has 0 radical (unpaired) electrons. The van der Waals surface area contributed by atoms with E-state index in [0.29, 0.717) is 56.9 Å². The number of carbonyl (C=O) groups is 2. The summed E-state index contributed by atoms with van der Waals surface area (Å²) in [4.78, 5) is 51.3. The number of piperazine rings is 1. The van der Waals surface area contributed by atoms with Crippen LogP contribution >= 0.6 is 23.1 Å². The van der Waals surface area contributed by atoms with Crippen LogP contribution in [0.5, 0.6) is 5.75 Å². The van der Waals surface area contributed by atoms with Crippen molar-refractivity contribution in [2.75, 3.05) is 68.7 Å². The Labute approximate surface area is 322 Å². The van der Waals surface area contributed by atoms with Gasteiger partial charge in [0, 0.05) is 87.8 Å². The zero-order chi connectivity index (χ0) is 38.0. The van der Waals surface area contributed by atoms with Crippen LogP contribution in [0.25, 0.3) is 11.0 Å². The minimum absolute atomic E-state index is 0.211. The highest BCUT2D eigenvalue weighted by Gasteiger charge is 2.28. The van der Waals surface area contributed by atoms with Gasteiger partial charge in [0.2, 0.25) is 17.8 Å². The third kappa shape index (κ3) is 8.23. The van der Waals surface area contributed by atoms with Crippen molar-refractivity contribution in [3.63, 3.8) is 0 Å². The molecule has 280 valence electrons. The van der Waals surface area contributed by atoms with Gasteiger partial charge < -0.3 is 24.8 Å². The molecule has 7 rings (SSSR count). The van der Waals surface area contributed by atoms with Crippen LogP contribution in [0.4, 0.5) is 28.8 Å². The number of piperidine rings is 1. The van der Waals surface area contributed by atoms with Crippen LogP contribution < -0.4 is 30.9 Å². The van der Waals surface area contributed by atoms with E-state index in [1.165, 1.54) is 0 Å². The number of fused-ring (bicyclic) bond motifs is 1. The summed E-state index contributed by atoms with van der Waals surface area (Å²) < 4.78 is 19.9. The van der Waals surface area contributed by atoms with Crippen LogP contribution in [0.3, 0.4) is 0 Å². The normalized spacial score (nSPS) is 16.7. The van der Waals surface area contributed by atoms with E-state index in [1.807, 2.05) is 30.3 Å². The highest BCUT2D eigenvalue weighted by atomic mass is 79.9. The first kappa shape index (κ1) is 37.3. The molecule has 2 amide bonds. The van der Waals surface area contributed by atoms with Crippen molar-refractivity contribution < 1.29 is 18.9 Å². The van der Waals surface area contributed by atoms with Crippen LogP contribution in [0.15, 0.2) is 65.7 Å². The molecule has 2 aliphatic rings. The second kappa shape index (κ2) is 15.8. The first-order valence-corrected chi connectivity index (χ1v) is 21.2. The number of nitrogens with zero attached hydrogens (tertiary/aromatic N) is 7. The molecular weight excluding hydrogens is 771 g/mol. The van der Waals surface area contributed by atoms with Crippen molar-refractivity contribution in [3.8, 4) is 5.75 Å². The Balaban J connectivity index is 0.989. The molecule has 2 aliphatic heterocycles. The summed E-state index contributed by atoms with van der Waals surface area (Å²) in [5, 5.41) is 9.72. The third-order valence-electron chi connectivity index (χ3n) is 9.80. The van der Waals surface area contributed by atoms with Gasteiger partial charge in [0.15, 0.2) is 0 Å². The first-order valence-electron chi connectivity index (χ1n) is 17.8. The summed E-state index contributed by atoms with van der Waals surface area (Å²) in [5.74, 6) is 0.749. The van der Waals surface area contributed by atoms with Gasteiger partial charge in [-0.2, -0.15) is 4.98 Å². The lowest BCUT2D eigenvalue weighted by molar-refractivity contribution is -0.134. The van der Waals surface area contributed by atoms with E-state index in [0.717, 1.165) is 67.3 Å². The maximum atomic E-state index is 13.4. The molecule has 3 aromatic heterocycles. The van der Waals surface area contributed by atoms with E-state index in [2.05, 4.69) is 74.6 Å². The van der Waals surface area contributed by atoms with Crippen LogP contribution in [-0.4, -0.2) is 94.8 Å². The van der Waals surface area contributed by atoms with Crippen LogP contribution in [0, 0.1) is 6.92 Å². The number of methoxy groups -OCH3 is 1. The zero-order valence-electron chi connectivity index (χ0n) is 30.6. The van der Waals surface area contributed by atoms with Gasteiger partial charge >= 0.3 is 0 Å². The summed E-state index contributed by atoms with van der Waals surface area (Å²) >= 11 is 3.57. The van der Waals surface area contributed by atoms with Crippen molar-refractivity contribution in [1.29, 1.82) is 0 Å². The van der Waals surface area contributed by atoms with E-state index in [1.54, 1.807) is 45.2 Å². The van der Waals surface area contributed by atoms with E-state index < -0.39 is 7.14 Å². The molecule has 1 unspecified atom stereocenters. The van der Waals surface area contributed by atoms with Crippen molar-refractivity contribution in [3.05, 3.63) is 82.5 Å². The summed E-state index contributed by atoms with van der Waals surface area (Å²) in [7, 11) is -1.12. The number of rotatable bonds is 11. The fraction of sp³-hybridized carbons (Fsp3) is 0.342. The molecule has 14 nitrogen and oxygen atoms in total. The molecular formula is C38H42BrN10O4P. The predicted octanol–water partition coefficient (Wildman–Crippen LogP) is 5.51. The lowest BCUT2D eigenvalue weighted by atomic mass is 9.91. The monoisotopic (exact) mass is 812 g/mol. The number of hydrogen-bond acceptors (Lipinski definition) is 13. The van der Waals surface area contributed by atoms with Gasteiger partial charge in [0.05, 0.1) is 39.7 Å². The van der Waals surface area contributed by atoms with Gasteiger partial charge in [0.25, 0.3) is 0 Å². The molecule has 5 heterocycles. The molecule has 3 N–H and O–H groups in total. The Bertz CT molecular complexity index is 2260. The molecule has 0 aliphatic carbocycles. The van der Waals surface area contributed by atoms with Crippen molar-refractivity contribution in [2.24, 2.45) is 0 Å². The zero-order valence-corrected chi connectivity index (χ0v) is 33.1. The number of aromatic nitrogens is 5. The molecule has 54 heavy (non-hydrogen) atoms. The molecule has 0 saturated carbocycles. The van der Waals surface area contributed by atoms with Crippen LogP contribution in [-0.2, 0) is 20.6 Å². The van der Waals surface area contributed by atoms with Gasteiger partial charge in [-0.3, -0.25) is 34.8 Å². The number of hydrogen-bond donors (Lipinski definition) is 3. The van der Waals surface area contributed by atoms with Gasteiger partial charge in [-0.05, 0) is 78.0 Å². The summed E-state index contributed by atoms with van der Waals surface area (Å²) in [6.07, 6.45) is 8.35. The van der Waals surface area contributed by atoms with Crippen molar-refractivity contribution in [2.45, 2.75) is 32.1 Å². The maximum absolute atomic E-state index is 13.4. The Morgan fingerprint density at radius 2 is 1.76 bits per heavy atom. The molecule has 5 aromatic rings. The Morgan fingerprint density at radius 1 is 0.963 bits per heavy atom. The number of anilines is 5. The fourth-order valence-corrected chi connectivity index (χ4v) is 8.69. The lowest BCUT2D eigenvalue weighted by Gasteiger charge is -2.37. The second-order valence-corrected chi connectivity index (χ2v) is 17.9. The number of benzene rings is 2. The lowest BCUT2D eigenvalue weighted by Crippen LogP contribution is -2.47. The molecule has 2 saturated heterocycles. The van der Waals surface area contributed by atoms with Gasteiger partial charge in [-0.25, -0.2) is 4.98 Å². The number of carbonyl (C=O) groups excluding carboxylic acids is 2. The number of amides is 2. The quantitative estimate of drug-likeness (QED) is 0.113. The topological polar surface area (TPSA) is 167 Å². The predicted molar refractivity (Wildman–Crippen MR) is 214 cm³/mol. The molecule has 2 fully saturated rings. The first-order chi connectivity index (χ1) is 26.0. The van der Waals surface area contributed by atoms with E-state index in [4.69, 9.17) is 9.72 Å². The number of imide groups is 1. The molecule has 0 bridgehead atoms. The smallest absolute Gasteiger partial charge is 0.234 e. The van der Waals surface area contributed by atoms with E-state index in [-0.39, 0.29) is 17.7 Å². The highest BCUT2D eigenvalue weighted by Crippen LogP contribution is 2.41. The van der Waals surface area contributed by atoms with Crippen molar-refractivity contribution >= 4 is 80.1 Å². The SMILES string of the molecule is COc1cc(N2CCN(CCc3ccc(C4CCC(=O)NC4=O)cn3)CC2)c(C)cc1Nc1ncc(Br)c(Nc2ccc3nccnc3c2P(C)(C)=O)n1. The van der Waals surface area contributed by atoms with Crippen LogP contribution in [0.1, 0.15) is 35.6 Å². The third-order valence-corrected chi connectivity index (χ3v) is 11.9. The summed E-state index contributed by atoms with van der Waals surface area (Å²) in [5.41, 5.74) is 6.66. The Hall–Kier alpha value is -4.98. The molecule has 2 aromatic carbocycles. The Kier molecular flexibility index (Phi) is 10.9. The Morgan fingerprint density at radius 3 is 2.48 bits per heavy atom. The second-order valence-electron chi connectivity index (χ2n) is 13.9. The van der Waals surface area contributed by atoms with Gasteiger partial charge in [-0.1, -0.05) is 6.07 Å². The molecule has 16 heteroatoms. The number of aryl methyl sites for hydroxylation is 1.